The number of anilines is 1. The van der Waals surface area contributed by atoms with Crippen molar-refractivity contribution >= 4 is 17.4 Å². The number of ketones is 1. The first kappa shape index (κ1) is 19.1. The van der Waals surface area contributed by atoms with Crippen molar-refractivity contribution in [1.29, 1.82) is 0 Å². The summed E-state index contributed by atoms with van der Waals surface area (Å²) in [6.45, 7) is 4.29. The first-order chi connectivity index (χ1) is 13.9. The Morgan fingerprint density at radius 3 is 2.31 bits per heavy atom. The third kappa shape index (κ3) is 3.36. The molecule has 3 aromatic carbocycles. The Hall–Kier alpha value is -3.24. The predicted octanol–water partition coefficient (Wildman–Crippen LogP) is 4.31. The van der Waals surface area contributed by atoms with Gasteiger partial charge in [-0.3, -0.25) is 9.59 Å². The van der Waals surface area contributed by atoms with Gasteiger partial charge in [0, 0.05) is 11.1 Å². The van der Waals surface area contributed by atoms with Gasteiger partial charge in [0.25, 0.3) is 5.91 Å². The van der Waals surface area contributed by atoms with Crippen molar-refractivity contribution in [3.63, 3.8) is 0 Å². The Bertz CT molecular complexity index is 1090. The molecule has 0 spiro atoms. The predicted molar refractivity (Wildman–Crippen MR) is 113 cm³/mol. The third-order valence-electron chi connectivity index (χ3n) is 5.62. The zero-order valence-corrected chi connectivity index (χ0v) is 16.6. The van der Waals surface area contributed by atoms with E-state index in [-0.39, 0.29) is 12.2 Å². The summed E-state index contributed by atoms with van der Waals surface area (Å²) in [6, 6.07) is 22.2. The van der Waals surface area contributed by atoms with Crippen LogP contribution in [0.3, 0.4) is 0 Å². The highest BCUT2D eigenvalue weighted by Gasteiger charge is 2.50. The maximum atomic E-state index is 13.3. The van der Waals surface area contributed by atoms with Crippen LogP contribution in [-0.4, -0.2) is 16.8 Å². The fourth-order valence-electron chi connectivity index (χ4n) is 3.87. The summed E-state index contributed by atoms with van der Waals surface area (Å²) in [6.07, 6.45) is -0.282. The first-order valence-electron chi connectivity index (χ1n) is 9.68. The first-order valence-corrected chi connectivity index (χ1v) is 9.68. The zero-order valence-electron chi connectivity index (χ0n) is 16.6. The van der Waals surface area contributed by atoms with E-state index in [1.807, 2.05) is 62.4 Å². The summed E-state index contributed by atoms with van der Waals surface area (Å²) < 4.78 is 0. The molecule has 29 heavy (non-hydrogen) atoms. The number of benzene rings is 3. The van der Waals surface area contributed by atoms with Crippen molar-refractivity contribution in [3.05, 3.63) is 101 Å². The molecule has 146 valence electrons. The van der Waals surface area contributed by atoms with Gasteiger partial charge in [-0.1, -0.05) is 72.3 Å². The number of para-hydroxylation sites is 1. The van der Waals surface area contributed by atoms with Gasteiger partial charge in [0.05, 0.1) is 18.7 Å². The summed E-state index contributed by atoms with van der Waals surface area (Å²) in [7, 11) is 0. The Kier molecular flexibility index (Phi) is 4.81. The van der Waals surface area contributed by atoms with Gasteiger partial charge >= 0.3 is 0 Å². The summed E-state index contributed by atoms with van der Waals surface area (Å²) in [4.78, 5) is 27.8. The quantitative estimate of drug-likeness (QED) is 0.666. The van der Waals surface area contributed by atoms with Gasteiger partial charge in [-0.25, -0.2) is 0 Å². The van der Waals surface area contributed by atoms with Crippen LogP contribution in [0.1, 0.15) is 39.0 Å². The van der Waals surface area contributed by atoms with Gasteiger partial charge < -0.3 is 10.0 Å². The Labute approximate surface area is 170 Å². The van der Waals surface area contributed by atoms with Crippen molar-refractivity contribution < 1.29 is 14.7 Å². The monoisotopic (exact) mass is 385 g/mol. The third-order valence-corrected chi connectivity index (χ3v) is 5.62. The van der Waals surface area contributed by atoms with Crippen molar-refractivity contribution in [3.8, 4) is 0 Å². The molecule has 4 rings (SSSR count). The molecule has 1 aliphatic rings. The van der Waals surface area contributed by atoms with E-state index in [1.165, 1.54) is 0 Å². The molecule has 1 unspecified atom stereocenters. The van der Waals surface area contributed by atoms with Gasteiger partial charge in [-0.05, 0) is 31.0 Å². The van der Waals surface area contributed by atoms with Crippen LogP contribution >= 0.6 is 0 Å². The molecule has 1 N–H and O–H groups in total. The van der Waals surface area contributed by atoms with Crippen molar-refractivity contribution in [2.75, 3.05) is 4.90 Å². The minimum atomic E-state index is -1.86. The molecule has 0 radical (unpaired) electrons. The number of carbonyl (C=O) groups is 2. The molecule has 0 bridgehead atoms. The number of hydrogen-bond acceptors (Lipinski definition) is 3. The normalized spacial score (nSPS) is 18.0. The lowest BCUT2D eigenvalue weighted by molar-refractivity contribution is -0.136. The molecule has 0 saturated carbocycles. The second-order valence-electron chi connectivity index (χ2n) is 7.66. The van der Waals surface area contributed by atoms with E-state index in [2.05, 4.69) is 0 Å². The molecule has 4 nitrogen and oxygen atoms in total. The second kappa shape index (κ2) is 7.30. The van der Waals surface area contributed by atoms with E-state index in [0.29, 0.717) is 23.4 Å². The standard InChI is InChI=1S/C25H23NO3/c1-17-11-13-19(14-12-17)23(27)15-25(29)21-9-5-6-10-22(21)26(24(25)28)16-20-8-4-3-7-18(20)2/h3-14,29H,15-16H2,1-2H3. The largest absolute Gasteiger partial charge is 0.375 e. The zero-order chi connectivity index (χ0) is 20.6. The van der Waals surface area contributed by atoms with Gasteiger partial charge in [0.1, 0.15) is 0 Å². The van der Waals surface area contributed by atoms with E-state index >= 15 is 0 Å². The molecule has 1 atom stereocenters. The minimum absolute atomic E-state index is 0.256. The van der Waals surface area contributed by atoms with Gasteiger partial charge in [0.15, 0.2) is 11.4 Å². The smallest absolute Gasteiger partial charge is 0.264 e. The summed E-state index contributed by atoms with van der Waals surface area (Å²) in [5, 5.41) is 11.4. The molecule has 4 heteroatoms. The SMILES string of the molecule is Cc1ccc(C(=O)CC2(O)C(=O)N(Cc3ccccc3C)c3ccccc32)cc1. The molecular weight excluding hydrogens is 362 g/mol. The van der Waals surface area contributed by atoms with Crippen LogP contribution in [0, 0.1) is 13.8 Å². The van der Waals surface area contributed by atoms with Crippen LogP contribution < -0.4 is 4.90 Å². The average molecular weight is 385 g/mol. The maximum absolute atomic E-state index is 13.3. The lowest BCUT2D eigenvalue weighted by Gasteiger charge is -2.23. The molecule has 0 saturated heterocycles. The molecule has 0 aromatic heterocycles. The van der Waals surface area contributed by atoms with Crippen LogP contribution in [0.5, 0.6) is 0 Å². The van der Waals surface area contributed by atoms with Crippen LogP contribution in [-0.2, 0) is 16.9 Å². The number of rotatable bonds is 5. The Morgan fingerprint density at radius 1 is 0.931 bits per heavy atom. The van der Waals surface area contributed by atoms with Gasteiger partial charge in [-0.2, -0.15) is 0 Å². The van der Waals surface area contributed by atoms with Crippen molar-refractivity contribution in [1.82, 2.24) is 0 Å². The molecule has 3 aromatic rings. The Balaban J connectivity index is 1.69. The highest BCUT2D eigenvalue weighted by Crippen LogP contribution is 2.43. The maximum Gasteiger partial charge on any atom is 0.264 e. The Morgan fingerprint density at radius 2 is 1.59 bits per heavy atom. The van der Waals surface area contributed by atoms with Crippen LogP contribution in [0.2, 0.25) is 0 Å². The second-order valence-corrected chi connectivity index (χ2v) is 7.66. The lowest BCUT2D eigenvalue weighted by Crippen LogP contribution is -2.41. The van der Waals surface area contributed by atoms with E-state index in [1.54, 1.807) is 29.2 Å². The van der Waals surface area contributed by atoms with Crippen LogP contribution in [0.25, 0.3) is 0 Å². The van der Waals surface area contributed by atoms with Crippen LogP contribution in [0.15, 0.2) is 72.8 Å². The van der Waals surface area contributed by atoms with E-state index in [0.717, 1.165) is 16.7 Å². The van der Waals surface area contributed by atoms with Gasteiger partial charge in [0.2, 0.25) is 0 Å². The number of amides is 1. The highest BCUT2D eigenvalue weighted by atomic mass is 16.3. The lowest BCUT2D eigenvalue weighted by atomic mass is 9.88. The summed E-state index contributed by atoms with van der Waals surface area (Å²) >= 11 is 0. The summed E-state index contributed by atoms with van der Waals surface area (Å²) in [5.74, 6) is -0.712. The van der Waals surface area contributed by atoms with E-state index < -0.39 is 11.5 Å². The van der Waals surface area contributed by atoms with E-state index in [4.69, 9.17) is 0 Å². The van der Waals surface area contributed by atoms with Crippen LogP contribution in [0.4, 0.5) is 5.69 Å². The fourth-order valence-corrected chi connectivity index (χ4v) is 3.87. The molecule has 0 fully saturated rings. The molecule has 1 amide bonds. The van der Waals surface area contributed by atoms with Crippen molar-refractivity contribution in [2.24, 2.45) is 0 Å². The summed E-state index contributed by atoms with van der Waals surface area (Å²) in [5.41, 5.74) is 2.90. The van der Waals surface area contributed by atoms with Crippen molar-refractivity contribution in [2.45, 2.75) is 32.4 Å². The number of carbonyl (C=O) groups excluding carboxylic acids is 2. The number of fused-ring (bicyclic) bond motifs is 1. The number of Topliss-reactive ketones (excluding diaryl/α,β-unsaturated/α-hetero) is 1. The minimum Gasteiger partial charge on any atom is -0.375 e. The average Bonchev–Trinajstić information content (AvgIpc) is 2.92. The molecular formula is C25H23NO3. The number of hydrogen-bond donors (Lipinski definition) is 1. The number of nitrogens with zero attached hydrogens (tertiary/aromatic N) is 1. The topological polar surface area (TPSA) is 57.6 Å². The highest BCUT2D eigenvalue weighted by molar-refractivity contribution is 6.10. The molecule has 1 aliphatic heterocycles. The molecule has 0 aliphatic carbocycles. The van der Waals surface area contributed by atoms with E-state index in [9.17, 15) is 14.7 Å². The molecule has 1 heterocycles. The van der Waals surface area contributed by atoms with Gasteiger partial charge in [-0.15, -0.1) is 0 Å². The number of aliphatic hydroxyl groups is 1. The number of aryl methyl sites for hydroxylation is 2. The fraction of sp³-hybridized carbons (Fsp3) is 0.200.